The van der Waals surface area contributed by atoms with Gasteiger partial charge >= 0.3 is 0 Å². The number of aromatic nitrogens is 2. The highest BCUT2D eigenvalue weighted by molar-refractivity contribution is 5.92. The van der Waals surface area contributed by atoms with Crippen LogP contribution in [0.15, 0.2) is 36.5 Å². The van der Waals surface area contributed by atoms with Crippen LogP contribution in [0.1, 0.15) is 34.6 Å². The second-order valence-corrected chi connectivity index (χ2v) is 5.18. The molecule has 5 nitrogen and oxygen atoms in total. The maximum Gasteiger partial charge on any atom is 0.272 e. The number of H-pyrrole nitrogens is 1. The minimum Gasteiger partial charge on any atom is -0.370 e. The summed E-state index contributed by atoms with van der Waals surface area (Å²) in [6, 6.07) is 10.1. The summed E-state index contributed by atoms with van der Waals surface area (Å²) in [5.41, 5.74) is 2.95. The number of carbonyl (C=O) groups is 1. The van der Waals surface area contributed by atoms with Gasteiger partial charge in [-0.05, 0) is 23.6 Å². The van der Waals surface area contributed by atoms with Gasteiger partial charge in [0.15, 0.2) is 0 Å². The molecule has 0 spiro atoms. The lowest BCUT2D eigenvalue weighted by atomic mass is 10.0. The first kappa shape index (κ1) is 13.8. The first-order valence-corrected chi connectivity index (χ1v) is 7.27. The zero-order valence-corrected chi connectivity index (χ0v) is 12.1. The second kappa shape index (κ2) is 6.10. The van der Waals surface area contributed by atoms with Gasteiger partial charge in [-0.15, -0.1) is 0 Å². The number of rotatable bonds is 3. The molecule has 5 heteroatoms. The molecule has 1 aromatic carbocycles. The molecule has 1 aliphatic rings. The lowest BCUT2D eigenvalue weighted by Crippen LogP contribution is -2.42. The van der Waals surface area contributed by atoms with Gasteiger partial charge in [-0.3, -0.25) is 9.89 Å². The van der Waals surface area contributed by atoms with Gasteiger partial charge in [0.25, 0.3) is 5.91 Å². The minimum atomic E-state index is -0.0588. The zero-order valence-electron chi connectivity index (χ0n) is 12.1. The largest absolute Gasteiger partial charge is 0.370 e. The summed E-state index contributed by atoms with van der Waals surface area (Å²) in [6.07, 6.45) is 2.56. The van der Waals surface area contributed by atoms with E-state index in [4.69, 9.17) is 4.74 Å². The number of morpholine rings is 1. The minimum absolute atomic E-state index is 0.0222. The highest BCUT2D eigenvalue weighted by Gasteiger charge is 2.26. The normalized spacial score (nSPS) is 18.7. The van der Waals surface area contributed by atoms with Gasteiger partial charge in [0.2, 0.25) is 0 Å². The van der Waals surface area contributed by atoms with Gasteiger partial charge in [0, 0.05) is 12.7 Å². The summed E-state index contributed by atoms with van der Waals surface area (Å²) in [6.45, 7) is 3.88. The first-order valence-electron chi connectivity index (χ1n) is 7.27. The van der Waals surface area contributed by atoms with Crippen molar-refractivity contribution in [3.8, 4) is 0 Å². The van der Waals surface area contributed by atoms with E-state index in [1.54, 1.807) is 12.3 Å². The van der Waals surface area contributed by atoms with E-state index in [0.29, 0.717) is 25.4 Å². The van der Waals surface area contributed by atoms with Crippen molar-refractivity contribution in [2.24, 2.45) is 0 Å². The van der Waals surface area contributed by atoms with Gasteiger partial charge < -0.3 is 9.64 Å². The third kappa shape index (κ3) is 2.97. The lowest BCUT2D eigenvalue weighted by molar-refractivity contribution is -0.0230. The van der Waals surface area contributed by atoms with Crippen LogP contribution < -0.4 is 0 Å². The van der Waals surface area contributed by atoms with Crippen LogP contribution in [-0.4, -0.2) is 40.7 Å². The number of aromatic amines is 1. The molecule has 3 rings (SSSR count). The Morgan fingerprint density at radius 3 is 2.86 bits per heavy atom. The molecular weight excluding hydrogens is 266 g/mol. The van der Waals surface area contributed by atoms with Crippen LogP contribution in [-0.2, 0) is 11.2 Å². The summed E-state index contributed by atoms with van der Waals surface area (Å²) >= 11 is 0. The number of hydrogen-bond acceptors (Lipinski definition) is 3. The molecule has 0 saturated carbocycles. The maximum atomic E-state index is 12.3. The smallest absolute Gasteiger partial charge is 0.272 e. The molecule has 110 valence electrons. The topological polar surface area (TPSA) is 58.2 Å². The van der Waals surface area contributed by atoms with E-state index in [2.05, 4.69) is 41.4 Å². The molecule has 1 saturated heterocycles. The van der Waals surface area contributed by atoms with E-state index >= 15 is 0 Å². The predicted molar refractivity (Wildman–Crippen MR) is 79.0 cm³/mol. The number of nitrogens with one attached hydrogen (secondary N) is 1. The fourth-order valence-electron chi connectivity index (χ4n) is 2.55. The Morgan fingerprint density at radius 1 is 1.38 bits per heavy atom. The number of hydrogen-bond donors (Lipinski definition) is 1. The number of aryl methyl sites for hydroxylation is 1. The third-order valence-electron chi connectivity index (χ3n) is 3.84. The Kier molecular flexibility index (Phi) is 4.01. The number of carbonyl (C=O) groups excluding carboxylic acids is 1. The van der Waals surface area contributed by atoms with Crippen molar-refractivity contribution < 1.29 is 9.53 Å². The lowest BCUT2D eigenvalue weighted by Gasteiger charge is -2.33. The number of nitrogens with zero attached hydrogens (tertiary/aromatic N) is 2. The Bertz CT molecular complexity index is 592. The van der Waals surface area contributed by atoms with Gasteiger partial charge in [-0.25, -0.2) is 0 Å². The molecule has 0 aliphatic carbocycles. The molecule has 21 heavy (non-hydrogen) atoms. The number of amides is 1. The Morgan fingerprint density at radius 2 is 2.19 bits per heavy atom. The van der Waals surface area contributed by atoms with Gasteiger partial charge in [0.05, 0.1) is 13.2 Å². The highest BCUT2D eigenvalue weighted by atomic mass is 16.5. The van der Waals surface area contributed by atoms with Crippen LogP contribution in [0.25, 0.3) is 0 Å². The van der Waals surface area contributed by atoms with Crippen LogP contribution >= 0.6 is 0 Å². The quantitative estimate of drug-likeness (QED) is 0.940. The molecule has 1 amide bonds. The van der Waals surface area contributed by atoms with E-state index in [1.165, 1.54) is 5.56 Å². The van der Waals surface area contributed by atoms with Crippen molar-refractivity contribution in [3.63, 3.8) is 0 Å². The summed E-state index contributed by atoms with van der Waals surface area (Å²) in [4.78, 5) is 14.2. The molecule has 0 radical (unpaired) electrons. The fourth-order valence-corrected chi connectivity index (χ4v) is 2.55. The standard InChI is InChI=1S/C16H19N3O2/c1-2-12-3-5-13(6-4-12)15-11-19(9-10-21-15)16(20)14-7-8-17-18-14/h3-8,15H,2,9-11H2,1H3,(H,17,18). The van der Waals surface area contributed by atoms with Crippen molar-refractivity contribution in [1.29, 1.82) is 0 Å². The summed E-state index contributed by atoms with van der Waals surface area (Å²) < 4.78 is 5.82. The first-order chi connectivity index (χ1) is 10.3. The van der Waals surface area contributed by atoms with Crippen molar-refractivity contribution in [1.82, 2.24) is 15.1 Å². The molecule has 2 heterocycles. The van der Waals surface area contributed by atoms with E-state index in [-0.39, 0.29) is 12.0 Å². The summed E-state index contributed by atoms with van der Waals surface area (Å²) in [5, 5.41) is 6.55. The monoisotopic (exact) mass is 285 g/mol. The van der Waals surface area contributed by atoms with Crippen LogP contribution in [0.2, 0.25) is 0 Å². The highest BCUT2D eigenvalue weighted by Crippen LogP contribution is 2.23. The zero-order chi connectivity index (χ0) is 14.7. The average molecular weight is 285 g/mol. The third-order valence-corrected chi connectivity index (χ3v) is 3.84. The molecule has 1 unspecified atom stereocenters. The molecule has 2 aromatic rings. The maximum absolute atomic E-state index is 12.3. The van der Waals surface area contributed by atoms with Gasteiger partial charge in [0.1, 0.15) is 11.8 Å². The van der Waals surface area contributed by atoms with E-state index in [1.807, 2.05) is 4.90 Å². The average Bonchev–Trinajstić information content (AvgIpc) is 3.09. The second-order valence-electron chi connectivity index (χ2n) is 5.18. The predicted octanol–water partition coefficient (Wildman–Crippen LogP) is 2.19. The Balaban J connectivity index is 1.71. The number of ether oxygens (including phenoxy) is 1. The van der Waals surface area contributed by atoms with Crippen molar-refractivity contribution in [2.75, 3.05) is 19.7 Å². The molecular formula is C16H19N3O2. The van der Waals surface area contributed by atoms with Crippen molar-refractivity contribution >= 4 is 5.91 Å². The Hall–Kier alpha value is -2.14. The van der Waals surface area contributed by atoms with Crippen molar-refractivity contribution in [3.05, 3.63) is 53.3 Å². The molecule has 1 atom stereocenters. The molecule has 1 aliphatic heterocycles. The molecule has 1 aromatic heterocycles. The summed E-state index contributed by atoms with van der Waals surface area (Å²) in [5.74, 6) is -0.0222. The van der Waals surface area contributed by atoms with E-state index < -0.39 is 0 Å². The van der Waals surface area contributed by atoms with Crippen LogP contribution in [0.5, 0.6) is 0 Å². The van der Waals surface area contributed by atoms with E-state index in [0.717, 1.165) is 12.0 Å². The number of benzene rings is 1. The fraction of sp³-hybridized carbons (Fsp3) is 0.375. The SMILES string of the molecule is CCc1ccc(C2CN(C(=O)c3ccn[nH]3)CCO2)cc1. The summed E-state index contributed by atoms with van der Waals surface area (Å²) in [7, 11) is 0. The molecule has 1 N–H and O–H groups in total. The van der Waals surface area contributed by atoms with Crippen LogP contribution in [0.3, 0.4) is 0 Å². The molecule has 0 bridgehead atoms. The molecule has 1 fully saturated rings. The van der Waals surface area contributed by atoms with Gasteiger partial charge in [-0.1, -0.05) is 31.2 Å². The van der Waals surface area contributed by atoms with Crippen LogP contribution in [0.4, 0.5) is 0 Å². The van der Waals surface area contributed by atoms with E-state index in [9.17, 15) is 4.79 Å². The van der Waals surface area contributed by atoms with Crippen molar-refractivity contribution in [2.45, 2.75) is 19.4 Å². The Labute approximate surface area is 123 Å². The van der Waals surface area contributed by atoms with Gasteiger partial charge in [-0.2, -0.15) is 5.10 Å². The van der Waals surface area contributed by atoms with Crippen LogP contribution in [0, 0.1) is 0 Å².